The second-order valence-electron chi connectivity index (χ2n) is 4.66. The molecule has 0 unspecified atom stereocenters. The molecule has 0 atom stereocenters. The Morgan fingerprint density at radius 1 is 1.20 bits per heavy atom. The fourth-order valence-electron chi connectivity index (χ4n) is 1.15. The maximum absolute atomic E-state index is 5.28. The van der Waals surface area contributed by atoms with Gasteiger partial charge in [-0.2, -0.15) is 0 Å². The SMILES string of the molecule is CC(C)CNC(=S)N(C)CCCN(C)C. The van der Waals surface area contributed by atoms with Crippen LogP contribution in [0.3, 0.4) is 0 Å². The lowest BCUT2D eigenvalue weighted by Crippen LogP contribution is -2.39. The highest BCUT2D eigenvalue weighted by Gasteiger charge is 2.04. The van der Waals surface area contributed by atoms with Crippen molar-refractivity contribution >= 4 is 17.3 Å². The van der Waals surface area contributed by atoms with Gasteiger partial charge in [-0.25, -0.2) is 0 Å². The first-order valence-electron chi connectivity index (χ1n) is 5.57. The molecule has 1 N–H and O–H groups in total. The van der Waals surface area contributed by atoms with Gasteiger partial charge in [-0.05, 0) is 45.2 Å². The van der Waals surface area contributed by atoms with Crippen LogP contribution in [0.4, 0.5) is 0 Å². The maximum atomic E-state index is 5.28. The summed E-state index contributed by atoms with van der Waals surface area (Å²) in [5.74, 6) is 0.637. The van der Waals surface area contributed by atoms with Crippen LogP contribution in [0.1, 0.15) is 20.3 Å². The second-order valence-corrected chi connectivity index (χ2v) is 5.04. The van der Waals surface area contributed by atoms with E-state index in [2.05, 4.69) is 43.1 Å². The van der Waals surface area contributed by atoms with Gasteiger partial charge in [0, 0.05) is 20.1 Å². The summed E-state index contributed by atoms with van der Waals surface area (Å²) in [5, 5.41) is 4.13. The topological polar surface area (TPSA) is 18.5 Å². The third-order valence-corrected chi connectivity index (χ3v) is 2.56. The Morgan fingerprint density at radius 3 is 2.27 bits per heavy atom. The lowest BCUT2D eigenvalue weighted by molar-refractivity contribution is 0.368. The Kier molecular flexibility index (Phi) is 7.70. The van der Waals surface area contributed by atoms with Crippen molar-refractivity contribution in [1.29, 1.82) is 0 Å². The van der Waals surface area contributed by atoms with Crippen molar-refractivity contribution in [2.45, 2.75) is 20.3 Å². The van der Waals surface area contributed by atoms with Gasteiger partial charge >= 0.3 is 0 Å². The highest BCUT2D eigenvalue weighted by Crippen LogP contribution is 1.93. The molecule has 0 spiro atoms. The first-order valence-corrected chi connectivity index (χ1v) is 5.98. The number of thiocarbonyl (C=S) groups is 1. The molecule has 4 heteroatoms. The van der Waals surface area contributed by atoms with E-state index in [1.165, 1.54) is 0 Å². The number of nitrogens with zero attached hydrogens (tertiary/aromatic N) is 2. The van der Waals surface area contributed by atoms with E-state index < -0.39 is 0 Å². The Bertz CT molecular complexity index is 181. The minimum absolute atomic E-state index is 0.637. The van der Waals surface area contributed by atoms with E-state index >= 15 is 0 Å². The van der Waals surface area contributed by atoms with Gasteiger partial charge in [0.15, 0.2) is 5.11 Å². The van der Waals surface area contributed by atoms with Crippen molar-refractivity contribution < 1.29 is 0 Å². The summed E-state index contributed by atoms with van der Waals surface area (Å²) in [6.45, 7) is 7.44. The molecule has 0 radical (unpaired) electrons. The molecule has 0 rings (SSSR count). The summed E-state index contributed by atoms with van der Waals surface area (Å²) in [7, 11) is 6.23. The molecule has 0 fully saturated rings. The third kappa shape index (κ3) is 8.63. The average molecular weight is 231 g/mol. The standard InChI is InChI=1S/C11H25N3S/c1-10(2)9-12-11(15)14(5)8-6-7-13(3)4/h10H,6-9H2,1-5H3,(H,12,15). The summed E-state index contributed by atoms with van der Waals surface area (Å²) >= 11 is 5.28. The molecule has 15 heavy (non-hydrogen) atoms. The van der Waals surface area contributed by atoms with E-state index in [1.54, 1.807) is 0 Å². The van der Waals surface area contributed by atoms with Gasteiger partial charge in [-0.3, -0.25) is 0 Å². The molecule has 0 amide bonds. The van der Waals surface area contributed by atoms with Crippen LogP contribution in [-0.4, -0.2) is 55.7 Å². The summed E-state index contributed by atoms with van der Waals surface area (Å²) < 4.78 is 0. The normalized spacial score (nSPS) is 10.9. The molecule has 0 aromatic carbocycles. The Labute approximate surface area is 99.8 Å². The van der Waals surface area contributed by atoms with E-state index in [4.69, 9.17) is 12.2 Å². The molecule has 0 heterocycles. The van der Waals surface area contributed by atoms with Crippen LogP contribution in [0.5, 0.6) is 0 Å². The maximum Gasteiger partial charge on any atom is 0.168 e. The van der Waals surface area contributed by atoms with Gasteiger partial charge < -0.3 is 15.1 Å². The Hall–Kier alpha value is -0.350. The quantitative estimate of drug-likeness (QED) is 0.696. The molecule has 0 saturated carbocycles. The zero-order chi connectivity index (χ0) is 11.8. The molecular weight excluding hydrogens is 206 g/mol. The highest BCUT2D eigenvalue weighted by atomic mass is 32.1. The molecule has 0 aliphatic rings. The van der Waals surface area contributed by atoms with Gasteiger partial charge in [0.05, 0.1) is 0 Å². The number of hydrogen-bond acceptors (Lipinski definition) is 2. The fourth-order valence-corrected chi connectivity index (χ4v) is 1.33. The number of nitrogens with one attached hydrogen (secondary N) is 1. The van der Waals surface area contributed by atoms with E-state index in [0.29, 0.717) is 5.92 Å². The van der Waals surface area contributed by atoms with Crippen LogP contribution in [0.25, 0.3) is 0 Å². The van der Waals surface area contributed by atoms with Gasteiger partial charge in [0.1, 0.15) is 0 Å². The zero-order valence-electron chi connectivity index (χ0n) is 10.7. The molecule has 0 saturated heterocycles. The summed E-state index contributed by atoms with van der Waals surface area (Å²) in [4.78, 5) is 4.31. The second kappa shape index (κ2) is 7.88. The summed E-state index contributed by atoms with van der Waals surface area (Å²) in [6.07, 6.45) is 1.15. The van der Waals surface area contributed by atoms with Crippen LogP contribution in [0.2, 0.25) is 0 Å². The lowest BCUT2D eigenvalue weighted by Gasteiger charge is -2.22. The van der Waals surface area contributed by atoms with Gasteiger partial charge in [0.25, 0.3) is 0 Å². The van der Waals surface area contributed by atoms with Gasteiger partial charge in [-0.1, -0.05) is 13.8 Å². The van der Waals surface area contributed by atoms with Crippen LogP contribution < -0.4 is 5.32 Å². The summed E-state index contributed by atoms with van der Waals surface area (Å²) in [6, 6.07) is 0. The van der Waals surface area contributed by atoms with E-state index in [1.807, 2.05) is 7.05 Å². The van der Waals surface area contributed by atoms with Crippen LogP contribution in [-0.2, 0) is 0 Å². The van der Waals surface area contributed by atoms with Crippen LogP contribution in [0.15, 0.2) is 0 Å². The first kappa shape index (κ1) is 14.6. The minimum atomic E-state index is 0.637. The van der Waals surface area contributed by atoms with Crippen molar-refractivity contribution in [1.82, 2.24) is 15.1 Å². The predicted octanol–water partition coefficient (Wildman–Crippen LogP) is 1.40. The van der Waals surface area contributed by atoms with Gasteiger partial charge in [0.2, 0.25) is 0 Å². The molecule has 3 nitrogen and oxygen atoms in total. The van der Waals surface area contributed by atoms with Gasteiger partial charge in [-0.15, -0.1) is 0 Å². The highest BCUT2D eigenvalue weighted by molar-refractivity contribution is 7.80. The largest absolute Gasteiger partial charge is 0.362 e. The Morgan fingerprint density at radius 2 is 1.80 bits per heavy atom. The zero-order valence-corrected chi connectivity index (χ0v) is 11.5. The lowest BCUT2D eigenvalue weighted by atomic mass is 10.2. The minimum Gasteiger partial charge on any atom is -0.362 e. The molecule has 0 aliphatic carbocycles. The molecule has 0 bridgehead atoms. The average Bonchev–Trinajstić information content (AvgIpc) is 2.13. The van der Waals surface area contributed by atoms with E-state index in [0.717, 1.165) is 31.2 Å². The third-order valence-electron chi connectivity index (χ3n) is 2.11. The van der Waals surface area contributed by atoms with Crippen molar-refractivity contribution in [3.8, 4) is 0 Å². The number of rotatable bonds is 6. The predicted molar refractivity (Wildman–Crippen MR) is 71.2 cm³/mol. The smallest absolute Gasteiger partial charge is 0.168 e. The Balaban J connectivity index is 3.60. The van der Waals surface area contributed by atoms with Crippen molar-refractivity contribution in [2.24, 2.45) is 5.92 Å². The monoisotopic (exact) mass is 231 g/mol. The molecule has 0 aromatic rings. The van der Waals surface area contributed by atoms with E-state index in [-0.39, 0.29) is 0 Å². The van der Waals surface area contributed by atoms with Crippen LogP contribution >= 0.6 is 12.2 Å². The van der Waals surface area contributed by atoms with Crippen LogP contribution in [0, 0.1) is 5.92 Å². The molecular formula is C11H25N3S. The molecule has 0 aliphatic heterocycles. The van der Waals surface area contributed by atoms with E-state index in [9.17, 15) is 0 Å². The summed E-state index contributed by atoms with van der Waals surface area (Å²) in [5.41, 5.74) is 0. The number of hydrogen-bond donors (Lipinski definition) is 1. The first-order chi connectivity index (χ1) is 6.93. The molecule has 0 aromatic heterocycles. The van der Waals surface area contributed by atoms with Crippen molar-refractivity contribution in [2.75, 3.05) is 40.8 Å². The molecule has 90 valence electrons. The fraction of sp³-hybridized carbons (Fsp3) is 0.909. The van der Waals surface area contributed by atoms with Crippen molar-refractivity contribution in [3.63, 3.8) is 0 Å². The van der Waals surface area contributed by atoms with Crippen molar-refractivity contribution in [3.05, 3.63) is 0 Å².